The second-order valence-electron chi connectivity index (χ2n) is 3.69. The molecule has 0 aromatic heterocycles. The molecule has 2 rings (SSSR count). The lowest BCUT2D eigenvalue weighted by molar-refractivity contribution is 0.412. The minimum atomic E-state index is -3.35. The summed E-state index contributed by atoms with van der Waals surface area (Å²) in [6.45, 7) is 1.20. The molecule has 94 valence electrons. The average Bonchev–Trinajstić information content (AvgIpc) is 3.11. The van der Waals surface area contributed by atoms with E-state index in [9.17, 15) is 8.42 Å². The number of anilines is 1. The second-order valence-corrected chi connectivity index (χ2v) is 6.51. The van der Waals surface area contributed by atoms with Gasteiger partial charge in [0.15, 0.2) is 0 Å². The highest BCUT2D eigenvalue weighted by Gasteiger charge is 2.35. The monoisotopic (exact) mass is 320 g/mol. The summed E-state index contributed by atoms with van der Waals surface area (Å²) in [4.78, 5) is 0. The van der Waals surface area contributed by atoms with E-state index in [2.05, 4.69) is 15.9 Å². The van der Waals surface area contributed by atoms with Crippen molar-refractivity contribution in [3.05, 3.63) is 22.7 Å². The number of hydrogen-bond acceptors (Lipinski definition) is 3. The molecule has 5 nitrogen and oxygen atoms in total. The molecule has 1 saturated heterocycles. The number of halogens is 1. The van der Waals surface area contributed by atoms with Gasteiger partial charge in [0.1, 0.15) is 5.75 Å². The van der Waals surface area contributed by atoms with Crippen LogP contribution in [0.25, 0.3) is 0 Å². The molecule has 0 radical (unpaired) electrons. The Bertz CT molecular complexity index is 528. The maximum Gasteiger partial charge on any atom is 0.303 e. The number of ether oxygens (including phenoxy) is 1. The number of rotatable bonds is 4. The summed E-state index contributed by atoms with van der Waals surface area (Å²) in [6.07, 6.45) is 0. The zero-order chi connectivity index (χ0) is 12.6. The maximum absolute atomic E-state index is 12.0. The first-order valence-corrected chi connectivity index (χ1v) is 7.23. The lowest BCUT2D eigenvalue weighted by atomic mass is 10.3. The van der Waals surface area contributed by atoms with Crippen LogP contribution in [0.2, 0.25) is 0 Å². The second kappa shape index (κ2) is 4.47. The first-order valence-electron chi connectivity index (χ1n) is 5.04. The van der Waals surface area contributed by atoms with Gasteiger partial charge in [0.2, 0.25) is 0 Å². The van der Waals surface area contributed by atoms with Gasteiger partial charge in [-0.1, -0.05) is 0 Å². The third-order valence-corrected chi connectivity index (χ3v) is 5.12. The van der Waals surface area contributed by atoms with Gasteiger partial charge in [0, 0.05) is 20.1 Å². The van der Waals surface area contributed by atoms with Crippen molar-refractivity contribution in [2.45, 2.75) is 0 Å². The molecule has 1 aliphatic heterocycles. The third kappa shape index (κ3) is 2.41. The van der Waals surface area contributed by atoms with E-state index in [0.717, 1.165) is 4.47 Å². The number of nitrogens with zero attached hydrogens (tertiary/aromatic N) is 2. The molecule has 0 saturated carbocycles. The minimum Gasteiger partial charge on any atom is -0.496 e. The Kier molecular flexibility index (Phi) is 3.33. The van der Waals surface area contributed by atoms with E-state index in [4.69, 9.17) is 4.74 Å². The van der Waals surface area contributed by atoms with Gasteiger partial charge in [-0.2, -0.15) is 12.7 Å². The number of benzene rings is 1. The fourth-order valence-corrected chi connectivity index (χ4v) is 3.23. The maximum atomic E-state index is 12.0. The van der Waals surface area contributed by atoms with Crippen molar-refractivity contribution in [3.63, 3.8) is 0 Å². The summed E-state index contributed by atoms with van der Waals surface area (Å²) in [5.74, 6) is 0.672. The van der Waals surface area contributed by atoms with E-state index >= 15 is 0 Å². The van der Waals surface area contributed by atoms with Gasteiger partial charge in [0.25, 0.3) is 0 Å². The Morgan fingerprint density at radius 3 is 2.53 bits per heavy atom. The molecule has 0 unspecified atom stereocenters. The molecule has 0 amide bonds. The molecule has 0 bridgehead atoms. The molecule has 1 heterocycles. The number of hydrogen-bond donors (Lipinski definition) is 0. The van der Waals surface area contributed by atoms with Gasteiger partial charge in [-0.05, 0) is 34.1 Å². The first kappa shape index (κ1) is 12.7. The Balaban J connectivity index is 2.31. The van der Waals surface area contributed by atoms with Crippen LogP contribution in [-0.2, 0) is 10.2 Å². The molecule has 0 spiro atoms. The highest BCUT2D eigenvalue weighted by Crippen LogP contribution is 2.31. The predicted molar refractivity (Wildman–Crippen MR) is 69.6 cm³/mol. The Morgan fingerprint density at radius 2 is 2.06 bits per heavy atom. The van der Waals surface area contributed by atoms with Crippen molar-refractivity contribution in [1.82, 2.24) is 4.31 Å². The third-order valence-electron chi connectivity index (χ3n) is 2.58. The highest BCUT2D eigenvalue weighted by atomic mass is 79.9. The lowest BCUT2D eigenvalue weighted by Crippen LogP contribution is -2.32. The SMILES string of the molecule is COc1ccc(N(C)S(=O)(=O)N2CC2)cc1Br. The quantitative estimate of drug-likeness (QED) is 0.789. The molecule has 17 heavy (non-hydrogen) atoms. The van der Waals surface area contributed by atoms with Gasteiger partial charge in [0.05, 0.1) is 17.3 Å². The van der Waals surface area contributed by atoms with Gasteiger partial charge in [-0.3, -0.25) is 4.31 Å². The van der Waals surface area contributed by atoms with E-state index < -0.39 is 10.2 Å². The van der Waals surface area contributed by atoms with Crippen LogP contribution in [-0.4, -0.2) is 40.0 Å². The lowest BCUT2D eigenvalue weighted by Gasteiger charge is -2.20. The minimum absolute atomic E-state index is 0.601. The van der Waals surface area contributed by atoms with Crippen molar-refractivity contribution in [1.29, 1.82) is 0 Å². The molecule has 0 atom stereocenters. The first-order chi connectivity index (χ1) is 7.96. The molecule has 7 heteroatoms. The van der Waals surface area contributed by atoms with E-state index in [-0.39, 0.29) is 0 Å². The van der Waals surface area contributed by atoms with Crippen molar-refractivity contribution in [3.8, 4) is 5.75 Å². The fraction of sp³-hybridized carbons (Fsp3) is 0.400. The molecule has 0 N–H and O–H groups in total. The van der Waals surface area contributed by atoms with Crippen molar-refractivity contribution in [2.24, 2.45) is 0 Å². The summed E-state index contributed by atoms with van der Waals surface area (Å²) in [6, 6.07) is 5.16. The van der Waals surface area contributed by atoms with Crippen LogP contribution in [0, 0.1) is 0 Å². The van der Waals surface area contributed by atoms with Crippen molar-refractivity contribution < 1.29 is 13.2 Å². The molecule has 1 aromatic rings. The van der Waals surface area contributed by atoms with Gasteiger partial charge < -0.3 is 4.74 Å². The van der Waals surface area contributed by atoms with E-state index in [1.54, 1.807) is 32.4 Å². The van der Waals surface area contributed by atoms with E-state index in [0.29, 0.717) is 24.5 Å². The Labute approximate surface area is 109 Å². The van der Waals surface area contributed by atoms with Gasteiger partial charge in [-0.25, -0.2) is 0 Å². The standard InChI is InChI=1S/C10H13BrN2O3S/c1-12(17(14,15)13-5-6-13)8-3-4-10(16-2)9(11)7-8/h3-4,7H,5-6H2,1-2H3. The van der Waals surface area contributed by atoms with Crippen LogP contribution in [0.1, 0.15) is 0 Å². The topological polar surface area (TPSA) is 49.6 Å². The number of methoxy groups -OCH3 is 1. The van der Waals surface area contributed by atoms with Crippen LogP contribution >= 0.6 is 15.9 Å². The summed E-state index contributed by atoms with van der Waals surface area (Å²) in [5, 5.41) is 0. The predicted octanol–water partition coefficient (Wildman–Crippen LogP) is 1.45. The molecule has 0 aliphatic carbocycles. The summed E-state index contributed by atoms with van der Waals surface area (Å²) in [7, 11) is -0.241. The normalized spacial score (nSPS) is 15.7. The van der Waals surface area contributed by atoms with E-state index in [1.807, 2.05) is 0 Å². The molecule has 1 aliphatic rings. The summed E-state index contributed by atoms with van der Waals surface area (Å²) in [5.41, 5.74) is 0.601. The summed E-state index contributed by atoms with van der Waals surface area (Å²) < 4.78 is 32.4. The van der Waals surface area contributed by atoms with Crippen LogP contribution < -0.4 is 9.04 Å². The average molecular weight is 321 g/mol. The van der Waals surface area contributed by atoms with Crippen LogP contribution in [0.5, 0.6) is 5.75 Å². The molecular weight excluding hydrogens is 308 g/mol. The molecule has 1 fully saturated rings. The van der Waals surface area contributed by atoms with Gasteiger partial charge in [-0.15, -0.1) is 0 Å². The van der Waals surface area contributed by atoms with E-state index in [1.165, 1.54) is 8.61 Å². The Morgan fingerprint density at radius 1 is 1.41 bits per heavy atom. The largest absolute Gasteiger partial charge is 0.496 e. The zero-order valence-electron chi connectivity index (χ0n) is 9.55. The smallest absolute Gasteiger partial charge is 0.303 e. The van der Waals surface area contributed by atoms with Crippen LogP contribution in [0.3, 0.4) is 0 Å². The van der Waals surface area contributed by atoms with Crippen molar-refractivity contribution in [2.75, 3.05) is 31.6 Å². The molecule has 1 aromatic carbocycles. The van der Waals surface area contributed by atoms with Crippen LogP contribution in [0.15, 0.2) is 22.7 Å². The van der Waals surface area contributed by atoms with Crippen molar-refractivity contribution >= 4 is 31.8 Å². The Hall–Kier alpha value is -0.790. The van der Waals surface area contributed by atoms with Crippen LogP contribution in [0.4, 0.5) is 5.69 Å². The molecular formula is C10H13BrN2O3S. The summed E-state index contributed by atoms with van der Waals surface area (Å²) >= 11 is 3.33. The highest BCUT2D eigenvalue weighted by molar-refractivity contribution is 9.10. The van der Waals surface area contributed by atoms with Gasteiger partial charge >= 0.3 is 10.2 Å². The fourth-order valence-electron chi connectivity index (χ4n) is 1.43. The zero-order valence-corrected chi connectivity index (χ0v) is 12.0.